The quantitative estimate of drug-likeness (QED) is 0.720. The van der Waals surface area contributed by atoms with E-state index in [1.165, 1.54) is 64.2 Å². The zero-order valence-corrected chi connectivity index (χ0v) is 12.5. The van der Waals surface area contributed by atoms with E-state index in [1.54, 1.807) is 0 Å². The van der Waals surface area contributed by atoms with Crippen molar-refractivity contribution in [3.63, 3.8) is 0 Å². The first-order valence-electron chi connectivity index (χ1n) is 8.42. The fourth-order valence-corrected chi connectivity index (χ4v) is 4.16. The number of hydrogen-bond donors (Lipinski definition) is 1. The summed E-state index contributed by atoms with van der Waals surface area (Å²) in [6.45, 7) is 4.84. The van der Waals surface area contributed by atoms with E-state index in [0.717, 1.165) is 23.7 Å². The Labute approximate surface area is 114 Å². The Hall–Kier alpha value is -0.0400. The van der Waals surface area contributed by atoms with Gasteiger partial charge in [0.15, 0.2) is 0 Å². The number of hydrogen-bond acceptors (Lipinski definition) is 1. The Morgan fingerprint density at radius 3 is 2.17 bits per heavy atom. The minimum Gasteiger partial charge on any atom is -0.327 e. The van der Waals surface area contributed by atoms with Gasteiger partial charge in [-0.05, 0) is 42.9 Å². The lowest BCUT2D eigenvalue weighted by molar-refractivity contribution is 0.171. The van der Waals surface area contributed by atoms with Gasteiger partial charge in [-0.25, -0.2) is 0 Å². The fourth-order valence-electron chi connectivity index (χ4n) is 4.16. The minimum atomic E-state index is 0.489. The zero-order chi connectivity index (χ0) is 13.0. The maximum Gasteiger partial charge on any atom is 0.00699 e. The fraction of sp³-hybridized carbons (Fsp3) is 1.00. The summed E-state index contributed by atoms with van der Waals surface area (Å²) < 4.78 is 0. The normalized spacial score (nSPS) is 37.2. The summed E-state index contributed by atoms with van der Waals surface area (Å²) in [5.74, 6) is 3.58. The highest BCUT2D eigenvalue weighted by Gasteiger charge is 2.29. The average Bonchev–Trinajstić information content (AvgIpc) is 2.61. The van der Waals surface area contributed by atoms with Crippen molar-refractivity contribution >= 4 is 0 Å². The van der Waals surface area contributed by atoms with E-state index in [2.05, 4.69) is 13.8 Å². The molecule has 2 rings (SSSR count). The Morgan fingerprint density at radius 1 is 0.889 bits per heavy atom. The molecule has 0 aromatic rings. The van der Waals surface area contributed by atoms with E-state index in [4.69, 9.17) is 5.73 Å². The van der Waals surface area contributed by atoms with Crippen molar-refractivity contribution in [1.82, 2.24) is 0 Å². The van der Waals surface area contributed by atoms with Gasteiger partial charge in [0.25, 0.3) is 0 Å². The molecule has 18 heavy (non-hydrogen) atoms. The van der Waals surface area contributed by atoms with Crippen LogP contribution >= 0.6 is 0 Å². The van der Waals surface area contributed by atoms with Crippen molar-refractivity contribution < 1.29 is 0 Å². The van der Waals surface area contributed by atoms with Crippen LogP contribution in [0, 0.1) is 23.7 Å². The highest BCUT2D eigenvalue weighted by Crippen LogP contribution is 2.37. The van der Waals surface area contributed by atoms with Gasteiger partial charge in [-0.3, -0.25) is 0 Å². The zero-order valence-electron chi connectivity index (χ0n) is 12.5. The summed E-state index contributed by atoms with van der Waals surface area (Å²) in [6.07, 6.45) is 14.2. The molecular formula is C17H33N. The number of nitrogens with two attached hydrogens (primary N) is 1. The predicted octanol–water partition coefficient (Wildman–Crippen LogP) is 4.75. The SMILES string of the molecule is CC1CCC(C(N)CC2CCCCCC2)CC1C. The summed E-state index contributed by atoms with van der Waals surface area (Å²) in [5, 5.41) is 0. The lowest BCUT2D eigenvalue weighted by Crippen LogP contribution is -2.36. The van der Waals surface area contributed by atoms with Gasteiger partial charge in [-0.15, -0.1) is 0 Å². The van der Waals surface area contributed by atoms with E-state index in [1.807, 2.05) is 0 Å². The lowest BCUT2D eigenvalue weighted by Gasteiger charge is -2.36. The van der Waals surface area contributed by atoms with Crippen LogP contribution in [0.15, 0.2) is 0 Å². The molecule has 2 saturated carbocycles. The summed E-state index contributed by atoms with van der Waals surface area (Å²) in [7, 11) is 0. The van der Waals surface area contributed by atoms with Gasteiger partial charge in [0.2, 0.25) is 0 Å². The molecule has 0 aromatic carbocycles. The Kier molecular flexibility index (Phi) is 5.54. The first-order valence-corrected chi connectivity index (χ1v) is 8.42. The maximum atomic E-state index is 6.54. The van der Waals surface area contributed by atoms with Crippen molar-refractivity contribution in [2.45, 2.75) is 84.1 Å². The molecule has 4 atom stereocenters. The molecule has 0 heterocycles. The van der Waals surface area contributed by atoms with Gasteiger partial charge in [0, 0.05) is 6.04 Å². The molecule has 0 aromatic heterocycles. The van der Waals surface area contributed by atoms with Crippen LogP contribution in [0.1, 0.15) is 78.1 Å². The summed E-state index contributed by atoms with van der Waals surface area (Å²) >= 11 is 0. The molecular weight excluding hydrogens is 218 g/mol. The molecule has 1 heteroatoms. The first kappa shape index (κ1) is 14.4. The van der Waals surface area contributed by atoms with Crippen LogP contribution < -0.4 is 5.73 Å². The van der Waals surface area contributed by atoms with E-state index in [9.17, 15) is 0 Å². The van der Waals surface area contributed by atoms with E-state index in [0.29, 0.717) is 6.04 Å². The van der Waals surface area contributed by atoms with Crippen molar-refractivity contribution in [2.75, 3.05) is 0 Å². The second-order valence-corrected chi connectivity index (χ2v) is 7.28. The standard InChI is InChI=1S/C17H33N/c1-13-9-10-16(11-14(13)2)17(18)12-15-7-5-3-4-6-8-15/h13-17H,3-12,18H2,1-2H3. The molecule has 106 valence electrons. The molecule has 2 N–H and O–H groups in total. The molecule has 2 fully saturated rings. The van der Waals surface area contributed by atoms with Gasteiger partial charge in [-0.2, -0.15) is 0 Å². The average molecular weight is 251 g/mol. The van der Waals surface area contributed by atoms with Crippen LogP contribution in [-0.4, -0.2) is 6.04 Å². The third kappa shape index (κ3) is 3.98. The van der Waals surface area contributed by atoms with Gasteiger partial charge >= 0.3 is 0 Å². The third-order valence-corrected chi connectivity index (χ3v) is 5.82. The molecule has 4 unspecified atom stereocenters. The summed E-state index contributed by atoms with van der Waals surface area (Å²) in [5.41, 5.74) is 6.54. The van der Waals surface area contributed by atoms with Crippen molar-refractivity contribution in [2.24, 2.45) is 29.4 Å². The molecule has 0 aliphatic heterocycles. The monoisotopic (exact) mass is 251 g/mol. The predicted molar refractivity (Wildman–Crippen MR) is 79.5 cm³/mol. The Bertz CT molecular complexity index is 230. The molecule has 0 saturated heterocycles. The largest absolute Gasteiger partial charge is 0.327 e. The van der Waals surface area contributed by atoms with Gasteiger partial charge in [0.05, 0.1) is 0 Å². The smallest absolute Gasteiger partial charge is 0.00699 e. The van der Waals surface area contributed by atoms with Crippen molar-refractivity contribution in [3.8, 4) is 0 Å². The first-order chi connectivity index (χ1) is 8.66. The third-order valence-electron chi connectivity index (χ3n) is 5.82. The van der Waals surface area contributed by atoms with Crippen LogP contribution in [0.2, 0.25) is 0 Å². The molecule has 0 radical (unpaired) electrons. The summed E-state index contributed by atoms with van der Waals surface area (Å²) in [6, 6.07) is 0.489. The van der Waals surface area contributed by atoms with Gasteiger partial charge in [0.1, 0.15) is 0 Å². The highest BCUT2D eigenvalue weighted by molar-refractivity contribution is 4.83. The van der Waals surface area contributed by atoms with Gasteiger partial charge < -0.3 is 5.73 Å². The minimum absolute atomic E-state index is 0.489. The highest BCUT2D eigenvalue weighted by atomic mass is 14.7. The van der Waals surface area contributed by atoms with Crippen LogP contribution in [0.4, 0.5) is 0 Å². The Balaban J connectivity index is 1.78. The van der Waals surface area contributed by atoms with Crippen LogP contribution in [0.25, 0.3) is 0 Å². The molecule has 0 bridgehead atoms. The molecule has 2 aliphatic rings. The lowest BCUT2D eigenvalue weighted by atomic mass is 9.72. The van der Waals surface area contributed by atoms with E-state index < -0.39 is 0 Å². The summed E-state index contributed by atoms with van der Waals surface area (Å²) in [4.78, 5) is 0. The molecule has 0 amide bonds. The molecule has 2 aliphatic carbocycles. The molecule has 0 spiro atoms. The van der Waals surface area contributed by atoms with Crippen LogP contribution in [0.5, 0.6) is 0 Å². The molecule has 1 nitrogen and oxygen atoms in total. The maximum absolute atomic E-state index is 6.54. The van der Waals surface area contributed by atoms with Crippen LogP contribution in [0.3, 0.4) is 0 Å². The van der Waals surface area contributed by atoms with Gasteiger partial charge in [-0.1, -0.05) is 58.8 Å². The van der Waals surface area contributed by atoms with E-state index in [-0.39, 0.29) is 0 Å². The topological polar surface area (TPSA) is 26.0 Å². The van der Waals surface area contributed by atoms with Crippen molar-refractivity contribution in [1.29, 1.82) is 0 Å². The Morgan fingerprint density at radius 2 is 1.56 bits per heavy atom. The van der Waals surface area contributed by atoms with Crippen LogP contribution in [-0.2, 0) is 0 Å². The number of rotatable bonds is 3. The van der Waals surface area contributed by atoms with Crippen molar-refractivity contribution in [3.05, 3.63) is 0 Å². The second kappa shape index (κ2) is 6.93. The van der Waals surface area contributed by atoms with E-state index >= 15 is 0 Å². The second-order valence-electron chi connectivity index (χ2n) is 7.28.